The van der Waals surface area contributed by atoms with Gasteiger partial charge < -0.3 is 13.8 Å². The van der Waals surface area contributed by atoms with Crippen LogP contribution in [0, 0.1) is 13.8 Å². The van der Waals surface area contributed by atoms with E-state index in [2.05, 4.69) is 28.1 Å². The molecule has 19 heavy (non-hydrogen) atoms. The number of nitrogens with zero attached hydrogens (tertiary/aromatic N) is 2. The molecule has 0 saturated heterocycles. The highest BCUT2D eigenvalue weighted by atomic mass is 16.5. The average molecular weight is 256 g/mol. The molecular formula is C15H16N2O2. The Kier molecular flexibility index (Phi) is 2.78. The Balaban J connectivity index is 2.02. The van der Waals surface area contributed by atoms with Gasteiger partial charge in [-0.05, 0) is 38.1 Å². The molecule has 0 atom stereocenters. The van der Waals surface area contributed by atoms with Crippen molar-refractivity contribution < 1.29 is 9.26 Å². The van der Waals surface area contributed by atoms with Gasteiger partial charge in [0.05, 0.1) is 19.3 Å². The van der Waals surface area contributed by atoms with Crippen LogP contribution in [0.5, 0.6) is 5.75 Å². The molecule has 4 nitrogen and oxygen atoms in total. The smallest absolute Gasteiger partial charge is 0.138 e. The monoisotopic (exact) mass is 256 g/mol. The second-order valence-corrected chi connectivity index (χ2v) is 4.67. The van der Waals surface area contributed by atoms with E-state index in [4.69, 9.17) is 9.26 Å². The third kappa shape index (κ3) is 1.99. The first-order chi connectivity index (χ1) is 9.19. The zero-order valence-corrected chi connectivity index (χ0v) is 11.3. The standard InChI is InChI=1S/C15H16N2O2/c1-10-14(11(2)19-16-10)9-17-7-6-12-8-13(18-3)4-5-15(12)17/h4-8H,9H2,1-3H3. The van der Waals surface area contributed by atoms with Crippen molar-refractivity contribution in [1.29, 1.82) is 0 Å². The maximum absolute atomic E-state index is 5.24. The first-order valence-electron chi connectivity index (χ1n) is 6.23. The fourth-order valence-corrected chi connectivity index (χ4v) is 2.34. The van der Waals surface area contributed by atoms with Crippen molar-refractivity contribution in [3.05, 3.63) is 47.5 Å². The van der Waals surface area contributed by atoms with Gasteiger partial charge in [0.2, 0.25) is 0 Å². The minimum Gasteiger partial charge on any atom is -0.497 e. The number of benzene rings is 1. The van der Waals surface area contributed by atoms with Gasteiger partial charge in [-0.2, -0.15) is 0 Å². The molecule has 0 bridgehead atoms. The molecule has 2 aromatic heterocycles. The molecule has 0 fully saturated rings. The number of hydrogen-bond acceptors (Lipinski definition) is 3. The van der Waals surface area contributed by atoms with E-state index in [9.17, 15) is 0 Å². The summed E-state index contributed by atoms with van der Waals surface area (Å²) in [5, 5.41) is 5.17. The summed E-state index contributed by atoms with van der Waals surface area (Å²) in [7, 11) is 1.68. The molecule has 3 rings (SSSR count). The van der Waals surface area contributed by atoms with Crippen LogP contribution in [0.4, 0.5) is 0 Å². The molecule has 0 saturated carbocycles. The van der Waals surface area contributed by atoms with Crippen molar-refractivity contribution in [3.63, 3.8) is 0 Å². The predicted molar refractivity (Wildman–Crippen MR) is 73.6 cm³/mol. The molecule has 0 aliphatic carbocycles. The highest BCUT2D eigenvalue weighted by Crippen LogP contribution is 2.23. The topological polar surface area (TPSA) is 40.2 Å². The molecule has 0 spiro atoms. The van der Waals surface area contributed by atoms with E-state index in [0.29, 0.717) is 0 Å². The normalized spacial score (nSPS) is 11.1. The van der Waals surface area contributed by atoms with Crippen molar-refractivity contribution >= 4 is 10.9 Å². The van der Waals surface area contributed by atoms with Gasteiger partial charge in [0, 0.05) is 22.7 Å². The fourth-order valence-electron chi connectivity index (χ4n) is 2.34. The Hall–Kier alpha value is -2.23. The van der Waals surface area contributed by atoms with Crippen LogP contribution in [-0.4, -0.2) is 16.8 Å². The Labute approximate surface area is 111 Å². The lowest BCUT2D eigenvalue weighted by Gasteiger charge is -2.06. The van der Waals surface area contributed by atoms with Crippen LogP contribution < -0.4 is 4.74 Å². The van der Waals surface area contributed by atoms with Crippen molar-refractivity contribution in [2.24, 2.45) is 0 Å². The van der Waals surface area contributed by atoms with E-state index in [0.717, 1.165) is 29.3 Å². The average Bonchev–Trinajstić information content (AvgIpc) is 2.96. The number of aryl methyl sites for hydroxylation is 2. The molecule has 0 unspecified atom stereocenters. The first kappa shape index (κ1) is 11.8. The lowest BCUT2D eigenvalue weighted by atomic mass is 10.2. The lowest BCUT2D eigenvalue weighted by molar-refractivity contribution is 0.392. The van der Waals surface area contributed by atoms with Crippen LogP contribution in [-0.2, 0) is 6.54 Å². The van der Waals surface area contributed by atoms with E-state index in [1.165, 1.54) is 10.9 Å². The predicted octanol–water partition coefficient (Wildman–Crippen LogP) is 3.30. The van der Waals surface area contributed by atoms with Gasteiger partial charge in [-0.1, -0.05) is 5.16 Å². The fraction of sp³-hybridized carbons (Fsp3) is 0.267. The van der Waals surface area contributed by atoms with Gasteiger partial charge >= 0.3 is 0 Å². The first-order valence-corrected chi connectivity index (χ1v) is 6.23. The van der Waals surface area contributed by atoms with Crippen LogP contribution >= 0.6 is 0 Å². The Morgan fingerprint density at radius 3 is 2.79 bits per heavy atom. The summed E-state index contributed by atoms with van der Waals surface area (Å²) in [6.07, 6.45) is 2.08. The maximum atomic E-state index is 5.24. The molecule has 4 heteroatoms. The molecule has 0 amide bonds. The third-order valence-corrected chi connectivity index (χ3v) is 3.49. The van der Waals surface area contributed by atoms with E-state index in [-0.39, 0.29) is 0 Å². The van der Waals surface area contributed by atoms with Gasteiger partial charge in [0.1, 0.15) is 11.5 Å². The Bertz CT molecular complexity index is 705. The van der Waals surface area contributed by atoms with Gasteiger partial charge in [0.25, 0.3) is 0 Å². The van der Waals surface area contributed by atoms with E-state index < -0.39 is 0 Å². The minimum atomic E-state index is 0.775. The Morgan fingerprint density at radius 2 is 2.11 bits per heavy atom. The van der Waals surface area contributed by atoms with Crippen molar-refractivity contribution in [1.82, 2.24) is 9.72 Å². The molecule has 98 valence electrons. The minimum absolute atomic E-state index is 0.775. The van der Waals surface area contributed by atoms with Crippen LogP contribution in [0.1, 0.15) is 17.0 Å². The molecule has 1 aromatic carbocycles. The highest BCUT2D eigenvalue weighted by Gasteiger charge is 2.11. The summed E-state index contributed by atoms with van der Waals surface area (Å²) >= 11 is 0. The van der Waals surface area contributed by atoms with E-state index >= 15 is 0 Å². The van der Waals surface area contributed by atoms with Crippen LogP contribution in [0.3, 0.4) is 0 Å². The van der Waals surface area contributed by atoms with Gasteiger partial charge in [-0.25, -0.2) is 0 Å². The summed E-state index contributed by atoms with van der Waals surface area (Å²) in [4.78, 5) is 0. The van der Waals surface area contributed by atoms with Crippen molar-refractivity contribution in [2.45, 2.75) is 20.4 Å². The van der Waals surface area contributed by atoms with Gasteiger partial charge in [-0.3, -0.25) is 0 Å². The van der Waals surface area contributed by atoms with Gasteiger partial charge in [-0.15, -0.1) is 0 Å². The molecule has 3 aromatic rings. The summed E-state index contributed by atoms with van der Waals surface area (Å²) in [6.45, 7) is 4.70. The second kappa shape index (κ2) is 4.46. The van der Waals surface area contributed by atoms with Crippen molar-refractivity contribution in [2.75, 3.05) is 7.11 Å². The van der Waals surface area contributed by atoms with Crippen LogP contribution in [0.15, 0.2) is 35.0 Å². The largest absolute Gasteiger partial charge is 0.497 e. The second-order valence-electron chi connectivity index (χ2n) is 4.67. The molecule has 0 aliphatic heterocycles. The van der Waals surface area contributed by atoms with E-state index in [1.54, 1.807) is 7.11 Å². The molecule has 0 N–H and O–H groups in total. The number of ether oxygens (including phenoxy) is 1. The zero-order valence-electron chi connectivity index (χ0n) is 11.3. The number of methoxy groups -OCH3 is 1. The molecule has 2 heterocycles. The summed E-state index contributed by atoms with van der Waals surface area (Å²) in [5.41, 5.74) is 3.28. The van der Waals surface area contributed by atoms with Gasteiger partial charge in [0.15, 0.2) is 0 Å². The lowest BCUT2D eigenvalue weighted by Crippen LogP contribution is -1.99. The molecule has 0 radical (unpaired) electrons. The summed E-state index contributed by atoms with van der Waals surface area (Å²) in [6, 6.07) is 8.19. The van der Waals surface area contributed by atoms with Crippen molar-refractivity contribution in [3.8, 4) is 5.75 Å². The van der Waals surface area contributed by atoms with Crippen LogP contribution in [0.25, 0.3) is 10.9 Å². The number of aromatic nitrogens is 2. The summed E-state index contributed by atoms with van der Waals surface area (Å²) < 4.78 is 12.6. The summed E-state index contributed by atoms with van der Waals surface area (Å²) in [5.74, 6) is 1.76. The number of fused-ring (bicyclic) bond motifs is 1. The third-order valence-electron chi connectivity index (χ3n) is 3.49. The SMILES string of the molecule is COc1ccc2c(ccn2Cc2c(C)noc2C)c1. The Morgan fingerprint density at radius 1 is 1.26 bits per heavy atom. The zero-order chi connectivity index (χ0) is 13.4. The number of hydrogen-bond donors (Lipinski definition) is 0. The van der Waals surface area contributed by atoms with E-state index in [1.807, 2.05) is 26.0 Å². The molecule has 0 aliphatic rings. The number of rotatable bonds is 3. The maximum Gasteiger partial charge on any atom is 0.138 e. The quantitative estimate of drug-likeness (QED) is 0.721. The van der Waals surface area contributed by atoms with Crippen LogP contribution in [0.2, 0.25) is 0 Å². The highest BCUT2D eigenvalue weighted by molar-refractivity contribution is 5.81. The molecular weight excluding hydrogens is 240 g/mol.